The van der Waals surface area contributed by atoms with Gasteiger partial charge in [0.05, 0.1) is 5.69 Å². The second-order valence-electron chi connectivity index (χ2n) is 9.07. The summed E-state index contributed by atoms with van der Waals surface area (Å²) < 4.78 is 1.82. The maximum Gasteiger partial charge on any atom is 0.250 e. The third kappa shape index (κ3) is 4.02. The van der Waals surface area contributed by atoms with Crippen molar-refractivity contribution >= 4 is 11.4 Å². The zero-order valence-corrected chi connectivity index (χ0v) is 17.7. The Labute approximate surface area is 168 Å². The average Bonchev–Trinajstić information content (AvgIpc) is 3.46. The van der Waals surface area contributed by atoms with Gasteiger partial charge in [-0.15, -0.1) is 0 Å². The third-order valence-corrected chi connectivity index (χ3v) is 6.05. The molecule has 0 amide bonds. The number of nitrogens with zero attached hydrogens (tertiary/aromatic N) is 3. The molecule has 28 heavy (non-hydrogen) atoms. The van der Waals surface area contributed by atoms with E-state index >= 15 is 0 Å². The summed E-state index contributed by atoms with van der Waals surface area (Å²) >= 11 is 0. The van der Waals surface area contributed by atoms with Crippen molar-refractivity contribution in [2.45, 2.75) is 65.6 Å². The van der Waals surface area contributed by atoms with Gasteiger partial charge in [-0.25, -0.2) is 0 Å². The van der Waals surface area contributed by atoms with Crippen molar-refractivity contribution in [2.75, 3.05) is 18.0 Å². The predicted molar refractivity (Wildman–Crippen MR) is 117 cm³/mol. The molecule has 4 heteroatoms. The van der Waals surface area contributed by atoms with Gasteiger partial charge in [0.15, 0.2) is 0 Å². The summed E-state index contributed by atoms with van der Waals surface area (Å²) in [5.74, 6) is 0.939. The Bertz CT molecular complexity index is 895. The third-order valence-electron chi connectivity index (χ3n) is 6.05. The van der Waals surface area contributed by atoms with Gasteiger partial charge in [-0.2, -0.15) is 0 Å². The Balaban J connectivity index is 1.65. The lowest BCUT2D eigenvalue weighted by molar-refractivity contribution is 0.244. The number of anilines is 2. The van der Waals surface area contributed by atoms with Gasteiger partial charge < -0.3 is 9.47 Å². The van der Waals surface area contributed by atoms with Crippen molar-refractivity contribution in [3.05, 3.63) is 58.0 Å². The van der Waals surface area contributed by atoms with E-state index in [1.807, 2.05) is 16.8 Å². The molecule has 2 aliphatic rings. The molecule has 1 aromatic heterocycles. The van der Waals surface area contributed by atoms with E-state index in [9.17, 15) is 4.79 Å². The number of fused-ring (bicyclic) bond motifs is 1. The minimum Gasteiger partial charge on any atom is -0.338 e. The standard InChI is InChI=1S/C24H33N3O/c1-17(2)26-16-23(9-10-24(26)28)27(18(3)4)22-8-7-20-11-12-25(14-19-5-6-19)15-21(20)13-22/h7-10,13,16-19H,5-6,11-12,14-15H2,1-4H3. The number of aromatic nitrogens is 1. The van der Waals surface area contributed by atoms with Gasteiger partial charge in [-0.1, -0.05) is 6.07 Å². The van der Waals surface area contributed by atoms with Crippen molar-refractivity contribution in [1.82, 2.24) is 9.47 Å². The quantitative estimate of drug-likeness (QED) is 0.725. The largest absolute Gasteiger partial charge is 0.338 e. The van der Waals surface area contributed by atoms with Gasteiger partial charge in [0.25, 0.3) is 5.56 Å². The van der Waals surface area contributed by atoms with E-state index in [2.05, 4.69) is 55.7 Å². The van der Waals surface area contributed by atoms with Crippen molar-refractivity contribution in [2.24, 2.45) is 5.92 Å². The first kappa shape index (κ1) is 19.3. The highest BCUT2D eigenvalue weighted by atomic mass is 16.1. The van der Waals surface area contributed by atoms with Gasteiger partial charge in [-0.05, 0) is 82.2 Å². The van der Waals surface area contributed by atoms with Crippen LogP contribution in [0.1, 0.15) is 57.7 Å². The molecule has 0 radical (unpaired) electrons. The fourth-order valence-corrected chi connectivity index (χ4v) is 4.36. The Morgan fingerprint density at radius 2 is 1.79 bits per heavy atom. The van der Waals surface area contributed by atoms with Crippen molar-refractivity contribution in [1.29, 1.82) is 0 Å². The number of hydrogen-bond acceptors (Lipinski definition) is 3. The molecule has 0 saturated heterocycles. The Morgan fingerprint density at radius 1 is 1.04 bits per heavy atom. The summed E-state index contributed by atoms with van der Waals surface area (Å²) in [4.78, 5) is 17.2. The van der Waals surface area contributed by atoms with E-state index in [0.717, 1.165) is 24.6 Å². The molecule has 1 aliphatic heterocycles. The highest BCUT2D eigenvalue weighted by Gasteiger charge is 2.26. The maximum atomic E-state index is 12.2. The number of rotatable bonds is 6. The Hall–Kier alpha value is -2.07. The summed E-state index contributed by atoms with van der Waals surface area (Å²) in [6, 6.07) is 11.1. The van der Waals surface area contributed by atoms with Crippen molar-refractivity contribution in [3.8, 4) is 0 Å². The Morgan fingerprint density at radius 3 is 2.46 bits per heavy atom. The number of hydrogen-bond donors (Lipinski definition) is 0. The van der Waals surface area contributed by atoms with Crippen LogP contribution in [0.3, 0.4) is 0 Å². The van der Waals surface area contributed by atoms with Crippen LogP contribution in [0.4, 0.5) is 11.4 Å². The molecule has 0 N–H and O–H groups in total. The maximum absolute atomic E-state index is 12.2. The molecule has 150 valence electrons. The predicted octanol–water partition coefficient (Wildman–Crippen LogP) is 4.74. The molecule has 2 aromatic rings. The van der Waals surface area contributed by atoms with E-state index in [0.29, 0.717) is 6.04 Å². The van der Waals surface area contributed by atoms with Crippen LogP contribution in [-0.2, 0) is 13.0 Å². The SMILES string of the molecule is CC(C)N(c1ccc2c(c1)CN(CC1CC1)CC2)c1ccc(=O)n(C(C)C)c1. The molecule has 0 unspecified atom stereocenters. The molecule has 1 aliphatic carbocycles. The van der Waals surface area contributed by atoms with Crippen LogP contribution in [0.2, 0.25) is 0 Å². The lowest BCUT2D eigenvalue weighted by Gasteiger charge is -2.33. The monoisotopic (exact) mass is 379 g/mol. The molecule has 0 spiro atoms. The van der Waals surface area contributed by atoms with Crippen LogP contribution in [0.5, 0.6) is 0 Å². The minimum absolute atomic E-state index is 0.0589. The average molecular weight is 380 g/mol. The van der Waals surface area contributed by atoms with Gasteiger partial charge in [0.1, 0.15) is 0 Å². The molecule has 1 aromatic carbocycles. The number of benzene rings is 1. The van der Waals surface area contributed by atoms with E-state index in [1.54, 1.807) is 6.07 Å². The van der Waals surface area contributed by atoms with E-state index in [-0.39, 0.29) is 11.6 Å². The zero-order chi connectivity index (χ0) is 19.8. The Kier molecular flexibility index (Phi) is 5.33. The molecular weight excluding hydrogens is 346 g/mol. The summed E-state index contributed by atoms with van der Waals surface area (Å²) in [5.41, 5.74) is 5.31. The van der Waals surface area contributed by atoms with Crippen LogP contribution >= 0.6 is 0 Å². The topological polar surface area (TPSA) is 28.5 Å². The lowest BCUT2D eigenvalue weighted by atomic mass is 9.98. The summed E-state index contributed by atoms with van der Waals surface area (Å²) in [6.45, 7) is 12.0. The molecule has 1 saturated carbocycles. The summed E-state index contributed by atoms with van der Waals surface area (Å²) in [5, 5.41) is 0. The molecule has 2 heterocycles. The second-order valence-corrected chi connectivity index (χ2v) is 9.07. The first-order valence-electron chi connectivity index (χ1n) is 10.8. The van der Waals surface area contributed by atoms with E-state index in [4.69, 9.17) is 0 Å². The van der Waals surface area contributed by atoms with E-state index in [1.165, 1.54) is 42.7 Å². The minimum atomic E-state index is 0.0589. The fourth-order valence-electron chi connectivity index (χ4n) is 4.36. The van der Waals surface area contributed by atoms with Gasteiger partial charge in [0, 0.05) is 49.7 Å². The number of pyridine rings is 1. The van der Waals surface area contributed by atoms with Crippen molar-refractivity contribution in [3.63, 3.8) is 0 Å². The highest BCUT2D eigenvalue weighted by molar-refractivity contribution is 5.65. The van der Waals surface area contributed by atoms with Gasteiger partial charge >= 0.3 is 0 Å². The van der Waals surface area contributed by atoms with Crippen LogP contribution in [-0.4, -0.2) is 28.6 Å². The van der Waals surface area contributed by atoms with Crippen LogP contribution < -0.4 is 10.5 Å². The fraction of sp³-hybridized carbons (Fsp3) is 0.542. The summed E-state index contributed by atoms with van der Waals surface area (Å²) in [6.07, 6.45) is 5.99. The second kappa shape index (κ2) is 7.75. The molecule has 4 nitrogen and oxygen atoms in total. The normalized spacial score (nSPS) is 17.2. The molecule has 0 bridgehead atoms. The highest BCUT2D eigenvalue weighted by Crippen LogP contribution is 2.34. The van der Waals surface area contributed by atoms with Gasteiger partial charge in [0.2, 0.25) is 0 Å². The van der Waals surface area contributed by atoms with Crippen molar-refractivity contribution < 1.29 is 0 Å². The lowest BCUT2D eigenvalue weighted by Crippen LogP contribution is -2.33. The molecule has 4 rings (SSSR count). The molecule has 1 fully saturated rings. The summed E-state index contributed by atoms with van der Waals surface area (Å²) in [7, 11) is 0. The first-order chi connectivity index (χ1) is 13.4. The molecular formula is C24H33N3O. The van der Waals surface area contributed by atoms with Crippen LogP contribution in [0.15, 0.2) is 41.3 Å². The smallest absolute Gasteiger partial charge is 0.250 e. The van der Waals surface area contributed by atoms with E-state index < -0.39 is 0 Å². The zero-order valence-electron chi connectivity index (χ0n) is 17.7. The van der Waals surface area contributed by atoms with Crippen LogP contribution in [0, 0.1) is 5.92 Å². The first-order valence-corrected chi connectivity index (χ1v) is 10.8. The van der Waals surface area contributed by atoms with Gasteiger partial charge in [-0.3, -0.25) is 9.69 Å². The van der Waals surface area contributed by atoms with Crippen LogP contribution in [0.25, 0.3) is 0 Å². The molecule has 0 atom stereocenters.